The van der Waals surface area contributed by atoms with Crippen LogP contribution in [0.4, 0.5) is 0 Å². The van der Waals surface area contributed by atoms with E-state index in [0.29, 0.717) is 42.0 Å². The molecule has 32 heavy (non-hydrogen) atoms. The Morgan fingerprint density at radius 3 is 2.31 bits per heavy atom. The van der Waals surface area contributed by atoms with Gasteiger partial charge in [0.05, 0.1) is 18.1 Å². The van der Waals surface area contributed by atoms with Crippen molar-refractivity contribution >= 4 is 21.6 Å². The second kappa shape index (κ2) is 10.0. The first kappa shape index (κ1) is 22.8. The lowest BCUT2D eigenvalue weighted by Crippen LogP contribution is -2.32. The van der Waals surface area contributed by atoms with Crippen molar-refractivity contribution in [2.45, 2.75) is 38.0 Å². The van der Waals surface area contributed by atoms with E-state index in [1.54, 1.807) is 12.1 Å². The van der Waals surface area contributed by atoms with Crippen molar-refractivity contribution in [1.82, 2.24) is 4.31 Å². The average molecular weight is 472 g/mol. The molecule has 168 valence electrons. The summed E-state index contributed by atoms with van der Waals surface area (Å²) in [5.74, 6) is 0.713. The van der Waals surface area contributed by atoms with Crippen LogP contribution in [0.2, 0.25) is 5.02 Å². The third-order valence-corrected chi connectivity index (χ3v) is 7.60. The van der Waals surface area contributed by atoms with Crippen LogP contribution in [0, 0.1) is 0 Å². The molecule has 3 aromatic rings. The Morgan fingerprint density at radius 1 is 0.938 bits per heavy atom. The number of benzene rings is 3. The SMILES string of the molecule is CCc1ccc(S(=O)(=O)N2CCOc3ccc(COCc4ccc(Cl)cc4)cc3C2)cc1. The van der Waals surface area contributed by atoms with E-state index in [4.69, 9.17) is 21.1 Å². The van der Waals surface area contributed by atoms with Gasteiger partial charge in [0.25, 0.3) is 0 Å². The maximum Gasteiger partial charge on any atom is 0.243 e. The lowest BCUT2D eigenvalue weighted by molar-refractivity contribution is 0.107. The third-order valence-electron chi connectivity index (χ3n) is 5.49. The molecule has 5 nitrogen and oxygen atoms in total. The minimum atomic E-state index is -3.61. The summed E-state index contributed by atoms with van der Waals surface area (Å²) in [7, 11) is -3.61. The summed E-state index contributed by atoms with van der Waals surface area (Å²) in [4.78, 5) is 0.306. The lowest BCUT2D eigenvalue weighted by atomic mass is 10.1. The van der Waals surface area contributed by atoms with Crippen molar-refractivity contribution in [3.8, 4) is 5.75 Å². The van der Waals surface area contributed by atoms with E-state index in [0.717, 1.165) is 28.7 Å². The summed E-state index contributed by atoms with van der Waals surface area (Å²) < 4.78 is 39.6. The topological polar surface area (TPSA) is 55.8 Å². The Balaban J connectivity index is 1.47. The Bertz CT molecular complexity index is 1160. The summed E-state index contributed by atoms with van der Waals surface area (Å²) in [6.07, 6.45) is 0.869. The van der Waals surface area contributed by atoms with E-state index in [1.165, 1.54) is 4.31 Å². The van der Waals surface area contributed by atoms with Crippen molar-refractivity contribution in [1.29, 1.82) is 0 Å². The molecule has 1 aliphatic rings. The Hall–Kier alpha value is -2.38. The van der Waals surface area contributed by atoms with Crippen molar-refractivity contribution in [2.75, 3.05) is 13.2 Å². The van der Waals surface area contributed by atoms with Crippen LogP contribution >= 0.6 is 11.6 Å². The zero-order chi connectivity index (χ0) is 22.6. The molecule has 0 fully saturated rings. The van der Waals surface area contributed by atoms with Gasteiger partial charge in [0.15, 0.2) is 0 Å². The van der Waals surface area contributed by atoms with E-state index in [-0.39, 0.29) is 6.54 Å². The minimum absolute atomic E-state index is 0.262. The fraction of sp³-hybridized carbons (Fsp3) is 0.280. The van der Waals surface area contributed by atoms with Crippen molar-refractivity contribution in [3.63, 3.8) is 0 Å². The van der Waals surface area contributed by atoms with Gasteiger partial charge in [-0.05, 0) is 59.5 Å². The molecule has 0 bridgehead atoms. The number of aryl methyl sites for hydroxylation is 1. The number of fused-ring (bicyclic) bond motifs is 1. The first-order valence-electron chi connectivity index (χ1n) is 10.6. The highest BCUT2D eigenvalue weighted by molar-refractivity contribution is 7.89. The molecule has 1 aliphatic heterocycles. The normalized spacial score (nSPS) is 14.4. The quantitative estimate of drug-likeness (QED) is 0.475. The molecule has 0 radical (unpaired) electrons. The van der Waals surface area contributed by atoms with Crippen LogP contribution in [0.25, 0.3) is 0 Å². The summed E-state index contributed by atoms with van der Waals surface area (Å²) in [5.41, 5.74) is 3.95. The predicted molar refractivity (Wildman–Crippen MR) is 125 cm³/mol. The van der Waals surface area contributed by atoms with E-state index in [9.17, 15) is 8.42 Å². The molecule has 0 aromatic heterocycles. The fourth-order valence-corrected chi connectivity index (χ4v) is 5.16. The van der Waals surface area contributed by atoms with Gasteiger partial charge in [0.1, 0.15) is 12.4 Å². The first-order chi connectivity index (χ1) is 15.5. The Morgan fingerprint density at radius 2 is 1.59 bits per heavy atom. The monoisotopic (exact) mass is 471 g/mol. The third kappa shape index (κ3) is 5.33. The van der Waals surface area contributed by atoms with E-state index >= 15 is 0 Å². The Kier molecular flexibility index (Phi) is 7.16. The van der Waals surface area contributed by atoms with Gasteiger partial charge in [-0.15, -0.1) is 0 Å². The highest BCUT2D eigenvalue weighted by atomic mass is 35.5. The molecule has 0 saturated heterocycles. The van der Waals surface area contributed by atoms with Crippen molar-refractivity contribution in [3.05, 3.63) is 94.0 Å². The van der Waals surface area contributed by atoms with Crippen LogP contribution in [-0.4, -0.2) is 25.9 Å². The molecule has 4 rings (SSSR count). The second-order valence-electron chi connectivity index (χ2n) is 7.75. The van der Waals surface area contributed by atoms with E-state index in [1.807, 2.05) is 61.5 Å². The largest absolute Gasteiger partial charge is 0.492 e. The van der Waals surface area contributed by atoms with Crippen LogP contribution < -0.4 is 4.74 Å². The van der Waals surface area contributed by atoms with Crippen LogP contribution in [0.5, 0.6) is 5.75 Å². The standard InChI is InChI=1S/C25H26ClNO4S/c1-2-19-5-10-24(11-6-19)32(28,29)27-13-14-31-25-12-7-21(15-22(25)16-27)18-30-17-20-3-8-23(26)9-4-20/h3-12,15H,2,13-14,16-18H2,1H3. The van der Waals surface area contributed by atoms with Gasteiger partial charge in [-0.1, -0.05) is 48.9 Å². The van der Waals surface area contributed by atoms with Crippen LogP contribution in [0.15, 0.2) is 71.6 Å². The molecular weight excluding hydrogens is 446 g/mol. The molecule has 1 heterocycles. The number of hydrogen-bond acceptors (Lipinski definition) is 4. The summed E-state index contributed by atoms with van der Waals surface area (Å²) in [6.45, 7) is 3.81. The Labute approximate surface area is 194 Å². The molecule has 7 heteroatoms. The smallest absolute Gasteiger partial charge is 0.243 e. The zero-order valence-corrected chi connectivity index (χ0v) is 19.5. The molecule has 0 amide bonds. The summed E-state index contributed by atoms with van der Waals surface area (Å²) >= 11 is 5.92. The van der Waals surface area contributed by atoms with Crippen LogP contribution in [0.3, 0.4) is 0 Å². The maximum absolute atomic E-state index is 13.2. The zero-order valence-electron chi connectivity index (χ0n) is 18.0. The van der Waals surface area contributed by atoms with Gasteiger partial charge in [-0.2, -0.15) is 4.31 Å². The predicted octanol–water partition coefficient (Wildman–Crippen LogP) is 5.20. The van der Waals surface area contributed by atoms with Crippen LogP contribution in [-0.2, 0) is 40.9 Å². The minimum Gasteiger partial charge on any atom is -0.492 e. The molecule has 0 atom stereocenters. The van der Waals surface area contributed by atoms with Gasteiger partial charge in [0.2, 0.25) is 10.0 Å². The van der Waals surface area contributed by atoms with Crippen molar-refractivity contribution < 1.29 is 17.9 Å². The number of nitrogens with zero attached hydrogens (tertiary/aromatic N) is 1. The highest BCUT2D eigenvalue weighted by Gasteiger charge is 2.27. The summed E-state index contributed by atoms with van der Waals surface area (Å²) in [6, 6.07) is 20.4. The van der Waals surface area contributed by atoms with E-state index in [2.05, 4.69) is 0 Å². The van der Waals surface area contributed by atoms with Gasteiger partial charge in [-0.25, -0.2) is 8.42 Å². The van der Waals surface area contributed by atoms with Crippen LogP contribution in [0.1, 0.15) is 29.2 Å². The van der Waals surface area contributed by atoms with Gasteiger partial charge in [-0.3, -0.25) is 0 Å². The fourth-order valence-electron chi connectivity index (χ4n) is 3.63. The molecule has 0 aliphatic carbocycles. The number of sulfonamides is 1. The molecule has 0 unspecified atom stereocenters. The highest BCUT2D eigenvalue weighted by Crippen LogP contribution is 2.28. The number of rotatable bonds is 7. The molecule has 0 N–H and O–H groups in total. The van der Waals surface area contributed by atoms with Gasteiger partial charge < -0.3 is 9.47 Å². The second-order valence-corrected chi connectivity index (χ2v) is 10.1. The van der Waals surface area contributed by atoms with Gasteiger partial charge in [0, 0.05) is 23.7 Å². The number of hydrogen-bond donors (Lipinski definition) is 0. The molecular formula is C25H26ClNO4S. The molecule has 3 aromatic carbocycles. The first-order valence-corrected chi connectivity index (χ1v) is 12.4. The summed E-state index contributed by atoms with van der Waals surface area (Å²) in [5, 5.41) is 0.695. The number of ether oxygens (including phenoxy) is 2. The lowest BCUT2D eigenvalue weighted by Gasteiger charge is -2.20. The maximum atomic E-state index is 13.2. The van der Waals surface area contributed by atoms with E-state index < -0.39 is 10.0 Å². The van der Waals surface area contributed by atoms with Gasteiger partial charge >= 0.3 is 0 Å². The molecule has 0 saturated carbocycles. The number of halogens is 1. The molecule has 0 spiro atoms. The van der Waals surface area contributed by atoms with Crippen molar-refractivity contribution in [2.24, 2.45) is 0 Å². The average Bonchev–Trinajstić information content (AvgIpc) is 3.03.